The first kappa shape index (κ1) is 9.80. The van der Waals surface area contributed by atoms with Crippen molar-refractivity contribution in [2.75, 3.05) is 5.73 Å². The molecule has 0 saturated carbocycles. The third-order valence-electron chi connectivity index (χ3n) is 2.02. The van der Waals surface area contributed by atoms with Crippen LogP contribution < -0.4 is 5.73 Å². The average molecular weight is 221 g/mol. The largest absolute Gasteiger partial charge is 0.506 e. The molecular formula is C11H9ClN2O. The van der Waals surface area contributed by atoms with E-state index in [-0.39, 0.29) is 5.75 Å². The van der Waals surface area contributed by atoms with Gasteiger partial charge in [0.15, 0.2) is 0 Å². The van der Waals surface area contributed by atoms with Gasteiger partial charge in [0.2, 0.25) is 0 Å². The number of hydrogen-bond acceptors (Lipinski definition) is 3. The molecule has 15 heavy (non-hydrogen) atoms. The quantitative estimate of drug-likeness (QED) is 0.574. The van der Waals surface area contributed by atoms with Crippen molar-refractivity contribution in [3.05, 3.63) is 41.7 Å². The lowest BCUT2D eigenvalue weighted by Gasteiger charge is -2.04. The number of aromatic nitrogens is 1. The van der Waals surface area contributed by atoms with Crippen LogP contribution in [0.1, 0.15) is 0 Å². The van der Waals surface area contributed by atoms with Crippen LogP contribution in [0.3, 0.4) is 0 Å². The van der Waals surface area contributed by atoms with Crippen LogP contribution in [-0.4, -0.2) is 10.1 Å². The molecule has 2 rings (SSSR count). The first-order valence-corrected chi connectivity index (χ1v) is 4.75. The predicted molar refractivity (Wildman–Crippen MR) is 60.8 cm³/mol. The van der Waals surface area contributed by atoms with Crippen molar-refractivity contribution < 1.29 is 5.11 Å². The van der Waals surface area contributed by atoms with Gasteiger partial charge in [0.05, 0.1) is 6.20 Å². The van der Waals surface area contributed by atoms with Gasteiger partial charge in [0, 0.05) is 11.3 Å². The Morgan fingerprint density at radius 1 is 1.27 bits per heavy atom. The summed E-state index contributed by atoms with van der Waals surface area (Å²) in [4.78, 5) is 3.86. The minimum absolute atomic E-state index is 0.0804. The van der Waals surface area contributed by atoms with E-state index < -0.39 is 0 Å². The second-order valence-corrected chi connectivity index (χ2v) is 3.52. The van der Waals surface area contributed by atoms with E-state index in [9.17, 15) is 5.11 Å². The van der Waals surface area contributed by atoms with Crippen LogP contribution in [0.2, 0.25) is 5.15 Å². The summed E-state index contributed by atoms with van der Waals surface area (Å²) in [5.41, 5.74) is 7.81. The number of rotatable bonds is 1. The highest BCUT2D eigenvalue weighted by atomic mass is 35.5. The van der Waals surface area contributed by atoms with E-state index in [1.54, 1.807) is 18.2 Å². The molecule has 0 aliphatic heterocycles. The summed E-state index contributed by atoms with van der Waals surface area (Å²) >= 11 is 5.92. The maximum absolute atomic E-state index is 9.32. The van der Waals surface area contributed by atoms with Gasteiger partial charge in [-0.2, -0.15) is 0 Å². The van der Waals surface area contributed by atoms with Crippen molar-refractivity contribution in [2.24, 2.45) is 0 Å². The highest BCUT2D eigenvalue weighted by Crippen LogP contribution is 2.29. The summed E-state index contributed by atoms with van der Waals surface area (Å²) in [7, 11) is 0. The van der Waals surface area contributed by atoms with E-state index in [1.807, 2.05) is 12.1 Å². The monoisotopic (exact) mass is 220 g/mol. The van der Waals surface area contributed by atoms with E-state index in [2.05, 4.69) is 4.98 Å². The molecule has 3 N–H and O–H groups in total. The van der Waals surface area contributed by atoms with Crippen molar-refractivity contribution in [1.29, 1.82) is 0 Å². The van der Waals surface area contributed by atoms with Gasteiger partial charge >= 0.3 is 0 Å². The number of aromatic hydroxyl groups is 1. The van der Waals surface area contributed by atoms with Crippen molar-refractivity contribution in [1.82, 2.24) is 4.98 Å². The fourth-order valence-corrected chi connectivity index (χ4v) is 1.56. The Balaban J connectivity index is 2.58. The molecule has 0 unspecified atom stereocenters. The normalized spacial score (nSPS) is 10.2. The minimum Gasteiger partial charge on any atom is -0.506 e. The molecule has 3 nitrogen and oxygen atoms in total. The smallest absolute Gasteiger partial charge is 0.137 e. The van der Waals surface area contributed by atoms with Gasteiger partial charge in [-0.3, -0.25) is 0 Å². The van der Waals surface area contributed by atoms with Gasteiger partial charge in [0.25, 0.3) is 0 Å². The first-order valence-electron chi connectivity index (χ1n) is 4.37. The third-order valence-corrected chi connectivity index (χ3v) is 2.32. The average Bonchev–Trinajstić information content (AvgIpc) is 2.22. The van der Waals surface area contributed by atoms with Gasteiger partial charge in [0.1, 0.15) is 10.9 Å². The number of benzene rings is 1. The van der Waals surface area contributed by atoms with Crippen LogP contribution in [0, 0.1) is 0 Å². The molecule has 0 atom stereocenters. The zero-order chi connectivity index (χ0) is 10.8. The molecule has 1 aromatic carbocycles. The standard InChI is InChI=1S/C11H9ClN2O/c12-11-10(5-9(15)6-14-11)7-2-1-3-8(13)4-7/h1-6,15H,13H2. The summed E-state index contributed by atoms with van der Waals surface area (Å²) in [5, 5.41) is 9.66. The summed E-state index contributed by atoms with van der Waals surface area (Å²) < 4.78 is 0. The predicted octanol–water partition coefficient (Wildman–Crippen LogP) is 2.69. The molecule has 0 saturated heterocycles. The number of nitrogens with zero attached hydrogens (tertiary/aromatic N) is 1. The Bertz CT molecular complexity index is 500. The minimum atomic E-state index is 0.0804. The number of nitrogens with two attached hydrogens (primary N) is 1. The third kappa shape index (κ3) is 2.02. The fourth-order valence-electron chi connectivity index (χ4n) is 1.35. The van der Waals surface area contributed by atoms with Gasteiger partial charge in [-0.1, -0.05) is 23.7 Å². The lowest BCUT2D eigenvalue weighted by Crippen LogP contribution is -1.87. The lowest BCUT2D eigenvalue weighted by atomic mass is 10.1. The Kier molecular flexibility index (Phi) is 2.47. The van der Waals surface area contributed by atoms with E-state index in [1.165, 1.54) is 6.20 Å². The first-order chi connectivity index (χ1) is 7.16. The SMILES string of the molecule is Nc1cccc(-c2cc(O)cnc2Cl)c1. The van der Waals surface area contributed by atoms with Crippen molar-refractivity contribution in [3.63, 3.8) is 0 Å². The van der Waals surface area contributed by atoms with Gasteiger partial charge in [-0.05, 0) is 23.8 Å². The number of hydrogen-bond donors (Lipinski definition) is 2. The number of nitrogen functional groups attached to an aromatic ring is 1. The van der Waals surface area contributed by atoms with Crippen molar-refractivity contribution in [2.45, 2.75) is 0 Å². The van der Waals surface area contributed by atoms with E-state index in [0.717, 1.165) is 5.56 Å². The number of anilines is 1. The Morgan fingerprint density at radius 2 is 2.07 bits per heavy atom. The molecule has 0 bridgehead atoms. The van der Waals surface area contributed by atoms with Crippen molar-refractivity contribution in [3.8, 4) is 16.9 Å². The summed E-state index contributed by atoms with van der Waals surface area (Å²) in [6.45, 7) is 0. The highest BCUT2D eigenvalue weighted by Gasteiger charge is 2.05. The van der Waals surface area contributed by atoms with Crippen LogP contribution in [0.4, 0.5) is 5.69 Å². The molecular weight excluding hydrogens is 212 g/mol. The molecule has 4 heteroatoms. The lowest BCUT2D eigenvalue weighted by molar-refractivity contribution is 0.473. The molecule has 0 fully saturated rings. The number of pyridine rings is 1. The Labute approximate surface area is 92.1 Å². The van der Waals surface area contributed by atoms with E-state index in [0.29, 0.717) is 16.4 Å². The molecule has 1 heterocycles. The molecule has 0 aliphatic carbocycles. The van der Waals surface area contributed by atoms with E-state index in [4.69, 9.17) is 17.3 Å². The second kappa shape index (κ2) is 3.79. The maximum atomic E-state index is 9.32. The summed E-state index contributed by atoms with van der Waals surface area (Å²) in [6, 6.07) is 8.81. The summed E-state index contributed by atoms with van der Waals surface area (Å²) in [5.74, 6) is 0.0804. The van der Waals surface area contributed by atoms with Crippen LogP contribution in [0.5, 0.6) is 5.75 Å². The van der Waals surface area contributed by atoms with Crippen LogP contribution >= 0.6 is 11.6 Å². The van der Waals surface area contributed by atoms with Gasteiger partial charge in [-0.25, -0.2) is 4.98 Å². The fraction of sp³-hybridized carbons (Fsp3) is 0. The molecule has 0 aliphatic rings. The molecule has 0 radical (unpaired) electrons. The molecule has 0 spiro atoms. The topological polar surface area (TPSA) is 59.1 Å². The molecule has 1 aromatic heterocycles. The van der Waals surface area contributed by atoms with Crippen LogP contribution in [0.15, 0.2) is 36.5 Å². The van der Waals surface area contributed by atoms with E-state index >= 15 is 0 Å². The van der Waals surface area contributed by atoms with Crippen LogP contribution in [-0.2, 0) is 0 Å². The molecule has 2 aromatic rings. The molecule has 0 amide bonds. The second-order valence-electron chi connectivity index (χ2n) is 3.16. The van der Waals surface area contributed by atoms with Gasteiger partial charge in [-0.15, -0.1) is 0 Å². The molecule has 76 valence electrons. The summed E-state index contributed by atoms with van der Waals surface area (Å²) in [6.07, 6.45) is 1.30. The van der Waals surface area contributed by atoms with Gasteiger partial charge < -0.3 is 10.8 Å². The zero-order valence-corrected chi connectivity index (χ0v) is 8.57. The Hall–Kier alpha value is -1.74. The van der Waals surface area contributed by atoms with Crippen molar-refractivity contribution >= 4 is 17.3 Å². The highest BCUT2D eigenvalue weighted by molar-refractivity contribution is 6.32. The maximum Gasteiger partial charge on any atom is 0.137 e. The number of halogens is 1. The van der Waals surface area contributed by atoms with Crippen LogP contribution in [0.25, 0.3) is 11.1 Å². The zero-order valence-electron chi connectivity index (χ0n) is 7.81. The Morgan fingerprint density at radius 3 is 2.80 bits per heavy atom.